The minimum absolute atomic E-state index is 0.328. The Balaban J connectivity index is 1.79. The molecule has 0 aliphatic carbocycles. The van der Waals surface area contributed by atoms with Crippen molar-refractivity contribution in [3.8, 4) is 0 Å². The van der Waals surface area contributed by atoms with Gasteiger partial charge in [0.15, 0.2) is 5.37 Å². The van der Waals surface area contributed by atoms with Crippen LogP contribution in [-0.4, -0.2) is 16.5 Å². The molecular weight excluding hydrogens is 291 g/mol. The summed E-state index contributed by atoms with van der Waals surface area (Å²) in [6.45, 7) is 0. The summed E-state index contributed by atoms with van der Waals surface area (Å²) in [5.74, 6) is -0.687. The topological polar surface area (TPSA) is 49.4 Å². The van der Waals surface area contributed by atoms with Crippen molar-refractivity contribution in [3.63, 3.8) is 0 Å². The highest BCUT2D eigenvalue weighted by molar-refractivity contribution is 8.16. The molecule has 0 unspecified atom stereocenters. The van der Waals surface area contributed by atoms with E-state index in [4.69, 9.17) is 0 Å². The van der Waals surface area contributed by atoms with Crippen LogP contribution in [-0.2, 0) is 4.79 Å². The van der Waals surface area contributed by atoms with E-state index in [-0.39, 0.29) is 17.0 Å². The third-order valence-corrected chi connectivity index (χ3v) is 3.94. The van der Waals surface area contributed by atoms with Gasteiger partial charge in [0, 0.05) is 5.69 Å². The fourth-order valence-corrected chi connectivity index (χ4v) is 2.91. The number of carbonyl (C=O) groups excluding carboxylic acids is 2. The zero-order valence-corrected chi connectivity index (χ0v) is 11.6. The number of para-hydroxylation sites is 1. The molecule has 0 spiro atoms. The summed E-state index contributed by atoms with van der Waals surface area (Å²) >= 11 is 0.908. The fourth-order valence-electron chi connectivity index (χ4n) is 2.01. The average Bonchev–Trinajstić information content (AvgIpc) is 2.77. The van der Waals surface area contributed by atoms with E-state index in [0.29, 0.717) is 11.4 Å². The predicted molar refractivity (Wildman–Crippen MR) is 80.7 cm³/mol. The Labute approximate surface area is 124 Å². The third-order valence-electron chi connectivity index (χ3n) is 3.00. The van der Waals surface area contributed by atoms with Crippen molar-refractivity contribution in [2.24, 2.45) is 0 Å². The Morgan fingerprint density at radius 2 is 1.67 bits per heavy atom. The zero-order valence-electron chi connectivity index (χ0n) is 10.8. The Bertz CT molecular complexity index is 676. The van der Waals surface area contributed by atoms with E-state index in [0.717, 1.165) is 16.7 Å². The van der Waals surface area contributed by atoms with Crippen molar-refractivity contribution < 1.29 is 14.0 Å². The van der Waals surface area contributed by atoms with Gasteiger partial charge in [0.1, 0.15) is 5.82 Å². The summed E-state index contributed by atoms with van der Waals surface area (Å²) in [4.78, 5) is 25.5. The van der Waals surface area contributed by atoms with Crippen LogP contribution in [0.25, 0.3) is 0 Å². The van der Waals surface area contributed by atoms with Gasteiger partial charge in [-0.1, -0.05) is 18.2 Å². The van der Waals surface area contributed by atoms with Crippen LogP contribution in [0.5, 0.6) is 0 Å². The highest BCUT2D eigenvalue weighted by Crippen LogP contribution is 2.32. The summed E-state index contributed by atoms with van der Waals surface area (Å²) in [5.41, 5.74) is 1.13. The Kier molecular flexibility index (Phi) is 3.62. The zero-order chi connectivity index (χ0) is 14.8. The van der Waals surface area contributed by atoms with Gasteiger partial charge in [-0.15, -0.1) is 0 Å². The largest absolute Gasteiger partial charge is 0.365 e. The van der Waals surface area contributed by atoms with Crippen molar-refractivity contribution in [3.05, 3.63) is 60.4 Å². The minimum Gasteiger partial charge on any atom is -0.365 e. The smallest absolute Gasteiger partial charge is 0.295 e. The van der Waals surface area contributed by atoms with Gasteiger partial charge in [-0.05, 0) is 48.2 Å². The first-order valence-corrected chi connectivity index (χ1v) is 7.15. The molecule has 3 rings (SSSR count). The summed E-state index contributed by atoms with van der Waals surface area (Å²) in [5, 5.41) is 1.90. The Morgan fingerprint density at radius 3 is 2.33 bits per heavy atom. The Hall–Kier alpha value is -2.34. The minimum atomic E-state index is -0.705. The number of hydrogen-bond donors (Lipinski definition) is 1. The van der Waals surface area contributed by atoms with Crippen LogP contribution in [0.1, 0.15) is 0 Å². The second-order valence-electron chi connectivity index (χ2n) is 4.42. The van der Waals surface area contributed by atoms with Gasteiger partial charge in [0.2, 0.25) is 0 Å². The van der Waals surface area contributed by atoms with E-state index in [1.165, 1.54) is 24.3 Å². The van der Waals surface area contributed by atoms with Crippen LogP contribution >= 0.6 is 11.8 Å². The summed E-state index contributed by atoms with van der Waals surface area (Å²) in [6, 6.07) is 14.4. The molecule has 2 aromatic rings. The molecule has 1 saturated heterocycles. The van der Waals surface area contributed by atoms with Gasteiger partial charge >= 0.3 is 0 Å². The molecule has 0 bridgehead atoms. The number of benzene rings is 2. The van der Waals surface area contributed by atoms with Crippen LogP contribution in [0.15, 0.2) is 54.6 Å². The molecule has 1 fully saturated rings. The maximum atomic E-state index is 12.9. The SMILES string of the molecule is O=C1S[C@@H](Nc2ccc(F)cc2)C(=O)N1c1ccccc1. The van der Waals surface area contributed by atoms with Gasteiger partial charge < -0.3 is 5.32 Å². The molecule has 1 aliphatic heterocycles. The van der Waals surface area contributed by atoms with Crippen molar-refractivity contribution in [1.29, 1.82) is 0 Å². The number of anilines is 2. The third kappa shape index (κ3) is 2.75. The number of hydrogen-bond acceptors (Lipinski definition) is 4. The van der Waals surface area contributed by atoms with E-state index in [1.807, 2.05) is 6.07 Å². The number of rotatable bonds is 3. The van der Waals surface area contributed by atoms with Gasteiger partial charge in [-0.25, -0.2) is 9.29 Å². The molecule has 2 amide bonds. The first-order valence-electron chi connectivity index (χ1n) is 6.27. The molecular formula is C15H11FN2O2S. The molecule has 0 saturated carbocycles. The summed E-state index contributed by atoms with van der Waals surface area (Å²) in [6.07, 6.45) is 0. The lowest BCUT2D eigenvalue weighted by Gasteiger charge is -2.14. The maximum absolute atomic E-state index is 12.9. The van der Waals surface area contributed by atoms with E-state index in [9.17, 15) is 14.0 Å². The number of nitrogens with zero attached hydrogens (tertiary/aromatic N) is 1. The molecule has 21 heavy (non-hydrogen) atoms. The van der Waals surface area contributed by atoms with Gasteiger partial charge in [0.05, 0.1) is 5.69 Å². The van der Waals surface area contributed by atoms with E-state index in [1.54, 1.807) is 24.3 Å². The monoisotopic (exact) mass is 302 g/mol. The Morgan fingerprint density at radius 1 is 1.00 bits per heavy atom. The molecule has 4 nitrogen and oxygen atoms in total. The molecule has 1 atom stereocenters. The van der Waals surface area contributed by atoms with Crippen molar-refractivity contribution >= 4 is 34.3 Å². The molecule has 106 valence electrons. The summed E-state index contributed by atoms with van der Waals surface area (Å²) in [7, 11) is 0. The van der Waals surface area contributed by atoms with E-state index < -0.39 is 5.37 Å². The second kappa shape index (κ2) is 5.57. The van der Waals surface area contributed by atoms with Gasteiger partial charge in [-0.3, -0.25) is 9.59 Å². The molecule has 1 heterocycles. The number of imide groups is 1. The molecule has 6 heteroatoms. The second-order valence-corrected chi connectivity index (χ2v) is 5.48. The number of nitrogens with one attached hydrogen (secondary N) is 1. The lowest BCUT2D eigenvalue weighted by molar-refractivity contribution is -0.116. The van der Waals surface area contributed by atoms with Crippen LogP contribution in [0.4, 0.5) is 20.6 Å². The number of amides is 2. The molecule has 1 N–H and O–H groups in total. The number of halogens is 1. The van der Waals surface area contributed by atoms with E-state index >= 15 is 0 Å². The molecule has 2 aromatic carbocycles. The van der Waals surface area contributed by atoms with Crippen LogP contribution < -0.4 is 10.2 Å². The first kappa shape index (κ1) is 13.6. The van der Waals surface area contributed by atoms with Crippen LogP contribution in [0, 0.1) is 5.82 Å². The van der Waals surface area contributed by atoms with E-state index in [2.05, 4.69) is 5.32 Å². The normalized spacial score (nSPS) is 18.1. The average molecular weight is 302 g/mol. The predicted octanol–water partition coefficient (Wildman–Crippen LogP) is 3.46. The number of carbonyl (C=O) groups is 2. The van der Waals surface area contributed by atoms with Crippen molar-refractivity contribution in [2.45, 2.75) is 5.37 Å². The number of thioether (sulfide) groups is 1. The maximum Gasteiger partial charge on any atom is 0.295 e. The molecule has 0 radical (unpaired) electrons. The lowest BCUT2D eigenvalue weighted by Crippen LogP contribution is -2.34. The summed E-state index contributed by atoms with van der Waals surface area (Å²) < 4.78 is 12.9. The molecule has 1 aliphatic rings. The lowest BCUT2D eigenvalue weighted by atomic mass is 10.3. The van der Waals surface area contributed by atoms with Crippen molar-refractivity contribution in [2.75, 3.05) is 10.2 Å². The first-order chi connectivity index (χ1) is 10.1. The highest BCUT2D eigenvalue weighted by Gasteiger charge is 2.40. The molecule has 0 aromatic heterocycles. The van der Waals surface area contributed by atoms with Gasteiger partial charge in [-0.2, -0.15) is 0 Å². The quantitative estimate of drug-likeness (QED) is 0.943. The van der Waals surface area contributed by atoms with Gasteiger partial charge in [0.25, 0.3) is 11.1 Å². The van der Waals surface area contributed by atoms with Crippen LogP contribution in [0.2, 0.25) is 0 Å². The highest BCUT2D eigenvalue weighted by atomic mass is 32.2. The van der Waals surface area contributed by atoms with Crippen molar-refractivity contribution in [1.82, 2.24) is 0 Å². The standard InChI is InChI=1S/C15H11FN2O2S/c16-10-6-8-11(9-7-10)17-13-14(19)18(15(20)21-13)12-4-2-1-3-5-12/h1-9,13,17H/t13-/m1/s1. The van der Waals surface area contributed by atoms with Crippen LogP contribution in [0.3, 0.4) is 0 Å². The fraction of sp³-hybridized carbons (Fsp3) is 0.0667.